The fourth-order valence-electron chi connectivity index (χ4n) is 3.82. The summed E-state index contributed by atoms with van der Waals surface area (Å²) in [6.45, 7) is 4.95. The van der Waals surface area contributed by atoms with Gasteiger partial charge in [0.1, 0.15) is 0 Å². The Labute approximate surface area is 162 Å². The van der Waals surface area contributed by atoms with Gasteiger partial charge in [0.05, 0.1) is 0 Å². The Kier molecular flexibility index (Phi) is 5.08. The molecule has 2 aliphatic rings. The summed E-state index contributed by atoms with van der Waals surface area (Å²) in [7, 11) is 3.98. The molecule has 0 radical (unpaired) electrons. The molecule has 0 spiro atoms. The molecule has 4 rings (SSSR count). The van der Waals surface area contributed by atoms with E-state index in [1.54, 1.807) is 12.7 Å². The van der Waals surface area contributed by atoms with Gasteiger partial charge in [-0.3, -0.25) is 0 Å². The van der Waals surface area contributed by atoms with Crippen molar-refractivity contribution in [2.24, 2.45) is 0 Å². The third-order valence-corrected chi connectivity index (χ3v) is 7.49. The number of hydrogen-bond donors (Lipinski definition) is 0. The van der Waals surface area contributed by atoms with Crippen molar-refractivity contribution in [1.82, 2.24) is 4.90 Å². The van der Waals surface area contributed by atoms with Crippen LogP contribution >= 0.6 is 0 Å². The molecule has 26 heavy (non-hydrogen) atoms. The number of benzene rings is 2. The summed E-state index contributed by atoms with van der Waals surface area (Å²) in [5.74, 6) is 1.86. The maximum atomic E-state index is 5.84. The van der Waals surface area contributed by atoms with E-state index in [2.05, 4.69) is 48.3 Å². The van der Waals surface area contributed by atoms with Crippen molar-refractivity contribution in [3.8, 4) is 11.5 Å². The van der Waals surface area contributed by atoms with Crippen LogP contribution in [0.4, 0.5) is 0 Å². The predicted octanol–water partition coefficient (Wildman–Crippen LogP) is 2.59. The van der Waals surface area contributed by atoms with Crippen LogP contribution in [-0.4, -0.2) is 53.7 Å². The molecular formula is C22H25NO2Se. The summed E-state index contributed by atoms with van der Waals surface area (Å²) >= 11 is 0.266. The van der Waals surface area contributed by atoms with Crippen molar-refractivity contribution in [3.05, 3.63) is 53.1 Å². The molecule has 3 nitrogen and oxygen atoms in total. The number of methoxy groups -OCH3 is 1. The van der Waals surface area contributed by atoms with Crippen LogP contribution in [0.1, 0.15) is 30.9 Å². The van der Waals surface area contributed by atoms with Crippen LogP contribution in [-0.2, 0) is 0 Å². The van der Waals surface area contributed by atoms with Gasteiger partial charge in [-0.1, -0.05) is 0 Å². The molecule has 0 N–H and O–H groups in total. The first-order valence-corrected chi connectivity index (χ1v) is 11.0. The number of rotatable bonds is 3. The van der Waals surface area contributed by atoms with E-state index >= 15 is 0 Å². The normalized spacial score (nSPS) is 16.9. The molecule has 4 heteroatoms. The molecule has 0 amide bonds. The second-order valence-electron chi connectivity index (χ2n) is 6.81. The third-order valence-electron chi connectivity index (χ3n) is 5.14. The first kappa shape index (κ1) is 17.7. The molecule has 2 aliphatic heterocycles. The predicted molar refractivity (Wildman–Crippen MR) is 108 cm³/mol. The van der Waals surface area contributed by atoms with E-state index in [0.717, 1.165) is 37.4 Å². The maximum absolute atomic E-state index is 5.84. The van der Waals surface area contributed by atoms with Gasteiger partial charge in [-0.2, -0.15) is 0 Å². The Balaban J connectivity index is 1.93. The number of ether oxygens (including phenoxy) is 2. The van der Waals surface area contributed by atoms with Crippen LogP contribution in [0.3, 0.4) is 0 Å². The Morgan fingerprint density at radius 1 is 1.08 bits per heavy atom. The van der Waals surface area contributed by atoms with Crippen molar-refractivity contribution in [1.29, 1.82) is 0 Å². The molecule has 136 valence electrons. The number of fused-ring (bicyclic) bond motifs is 2. The zero-order chi connectivity index (χ0) is 18.1. The second-order valence-corrected chi connectivity index (χ2v) is 9.09. The van der Waals surface area contributed by atoms with Crippen molar-refractivity contribution >= 4 is 29.5 Å². The summed E-state index contributed by atoms with van der Waals surface area (Å²) in [4.78, 5) is 2.42. The van der Waals surface area contributed by atoms with E-state index < -0.39 is 0 Å². The van der Waals surface area contributed by atoms with Crippen LogP contribution < -0.4 is 18.4 Å². The van der Waals surface area contributed by atoms with E-state index in [-0.39, 0.29) is 15.0 Å². The van der Waals surface area contributed by atoms with E-state index in [1.165, 1.54) is 25.6 Å². The average molecular weight is 414 g/mol. The fraction of sp³-hybridized carbons (Fsp3) is 0.364. The summed E-state index contributed by atoms with van der Waals surface area (Å²) in [5.41, 5.74) is 5.68. The Hall–Kier alpha value is -1.74. The van der Waals surface area contributed by atoms with Crippen molar-refractivity contribution in [2.75, 3.05) is 33.9 Å². The van der Waals surface area contributed by atoms with Crippen LogP contribution in [0.2, 0.25) is 0 Å². The van der Waals surface area contributed by atoms with Gasteiger partial charge in [0.2, 0.25) is 0 Å². The second kappa shape index (κ2) is 7.48. The van der Waals surface area contributed by atoms with Crippen LogP contribution in [0.15, 0.2) is 42.0 Å². The summed E-state index contributed by atoms with van der Waals surface area (Å²) in [5, 5.41) is 0. The third kappa shape index (κ3) is 3.18. The Morgan fingerprint density at radius 2 is 1.85 bits per heavy atom. The van der Waals surface area contributed by atoms with Gasteiger partial charge in [-0.15, -0.1) is 0 Å². The van der Waals surface area contributed by atoms with Gasteiger partial charge in [-0.25, -0.2) is 0 Å². The molecule has 2 aromatic carbocycles. The molecule has 1 saturated heterocycles. The monoisotopic (exact) mass is 415 g/mol. The molecule has 0 unspecified atom stereocenters. The molecule has 0 saturated carbocycles. The summed E-state index contributed by atoms with van der Waals surface area (Å²) < 4.78 is 14.5. The standard InChI is InChI=1S/C22H25NO2Se/c1-4-25-16-13-18(24-3)22-20(14-16)26-19-8-6-5-7-17(19)21(22)15-9-11-23(2)12-10-15/h5-8,13-14H,4,9-12H2,1-3H3. The number of nitrogens with zero attached hydrogens (tertiary/aromatic N) is 1. The quantitative estimate of drug-likeness (QED) is 0.615. The average Bonchev–Trinajstić information content (AvgIpc) is 2.66. The van der Waals surface area contributed by atoms with Gasteiger partial charge in [0, 0.05) is 0 Å². The van der Waals surface area contributed by atoms with E-state index in [0.29, 0.717) is 6.61 Å². The van der Waals surface area contributed by atoms with Crippen LogP contribution in [0, 0.1) is 0 Å². The molecule has 0 bridgehead atoms. The molecule has 0 atom stereocenters. The van der Waals surface area contributed by atoms with Gasteiger partial charge in [0.15, 0.2) is 0 Å². The number of hydrogen-bond acceptors (Lipinski definition) is 3. The molecule has 1 fully saturated rings. The Morgan fingerprint density at radius 3 is 2.58 bits per heavy atom. The van der Waals surface area contributed by atoms with Crippen molar-refractivity contribution < 1.29 is 9.47 Å². The zero-order valence-electron chi connectivity index (χ0n) is 15.7. The minimum absolute atomic E-state index is 0.266. The SMILES string of the molecule is CCOc1cc(OC)c2c(c1)[Se]c1ccccc1C2=C1CCN(C)CC1. The zero-order valence-corrected chi connectivity index (χ0v) is 17.4. The minimum atomic E-state index is 0.266. The first-order valence-electron chi connectivity index (χ1n) is 9.24. The van der Waals surface area contributed by atoms with E-state index in [4.69, 9.17) is 9.47 Å². The summed E-state index contributed by atoms with van der Waals surface area (Å²) in [6.07, 6.45) is 2.26. The first-order chi connectivity index (χ1) is 12.7. The van der Waals surface area contributed by atoms with Crippen LogP contribution in [0.25, 0.3) is 5.57 Å². The van der Waals surface area contributed by atoms with Crippen molar-refractivity contribution in [2.45, 2.75) is 19.8 Å². The van der Waals surface area contributed by atoms with Gasteiger partial charge >= 0.3 is 162 Å². The van der Waals surface area contributed by atoms with Crippen molar-refractivity contribution in [3.63, 3.8) is 0 Å². The number of piperidine rings is 1. The van der Waals surface area contributed by atoms with Gasteiger partial charge < -0.3 is 0 Å². The van der Waals surface area contributed by atoms with Gasteiger partial charge in [-0.05, 0) is 0 Å². The molecule has 2 heterocycles. The fourth-order valence-corrected chi connectivity index (χ4v) is 6.22. The van der Waals surface area contributed by atoms with Gasteiger partial charge in [0.25, 0.3) is 0 Å². The summed E-state index contributed by atoms with van der Waals surface area (Å²) in [6, 6.07) is 13.2. The van der Waals surface area contributed by atoms with E-state index in [1.807, 2.05) is 6.92 Å². The topological polar surface area (TPSA) is 21.7 Å². The molecule has 2 aromatic rings. The van der Waals surface area contributed by atoms with E-state index in [9.17, 15) is 0 Å². The molecule has 0 aliphatic carbocycles. The molecule has 0 aromatic heterocycles. The van der Waals surface area contributed by atoms with Crippen LogP contribution in [0.5, 0.6) is 11.5 Å². The Bertz CT molecular complexity index is 849. The molecular weight excluding hydrogens is 389 g/mol. The number of likely N-dealkylation sites (tertiary alicyclic amines) is 1.